The number of hydrogen-bond donors (Lipinski definition) is 2. The monoisotopic (exact) mass is 417 g/mol. The minimum atomic E-state index is -0.914. The number of aliphatic hydroxyl groups excluding tert-OH is 1. The molecule has 1 unspecified atom stereocenters. The van der Waals surface area contributed by atoms with Crippen LogP contribution in [0.2, 0.25) is 0 Å². The Labute approximate surface area is 184 Å². The second kappa shape index (κ2) is 8.63. The summed E-state index contributed by atoms with van der Waals surface area (Å²) < 4.78 is 0. The van der Waals surface area contributed by atoms with Gasteiger partial charge in [-0.1, -0.05) is 42.2 Å². The minimum absolute atomic E-state index is 0.201. The zero-order valence-electron chi connectivity index (χ0n) is 18.0. The molecule has 4 aliphatic rings. The van der Waals surface area contributed by atoms with Crippen LogP contribution < -0.4 is 4.90 Å². The molecule has 4 saturated heterocycles. The van der Waals surface area contributed by atoms with Gasteiger partial charge >= 0.3 is 0 Å². The second-order valence-electron chi connectivity index (χ2n) is 9.30. The quantitative estimate of drug-likeness (QED) is 0.752. The Balaban J connectivity index is 1.45. The third-order valence-electron chi connectivity index (χ3n) is 7.14. The number of aromatic nitrogens is 1. The molecular weight excluding hydrogens is 386 g/mol. The van der Waals surface area contributed by atoms with Crippen molar-refractivity contribution >= 4 is 5.82 Å². The number of rotatable bonds is 3. The topological polar surface area (TPSA) is 59.8 Å². The van der Waals surface area contributed by atoms with Gasteiger partial charge in [0, 0.05) is 37.3 Å². The fourth-order valence-corrected chi connectivity index (χ4v) is 5.18. The summed E-state index contributed by atoms with van der Waals surface area (Å²) in [6, 6.07) is 12.6. The Morgan fingerprint density at radius 3 is 2.45 bits per heavy atom. The van der Waals surface area contributed by atoms with Crippen LogP contribution in [0.4, 0.5) is 5.82 Å². The maximum atomic E-state index is 11.2. The van der Waals surface area contributed by atoms with E-state index in [-0.39, 0.29) is 12.0 Å². The summed E-state index contributed by atoms with van der Waals surface area (Å²) in [7, 11) is 0. The van der Waals surface area contributed by atoms with Crippen molar-refractivity contribution in [2.45, 2.75) is 43.8 Å². The van der Waals surface area contributed by atoms with Crippen LogP contribution in [0, 0.1) is 17.8 Å². The number of pyridine rings is 1. The molecule has 5 nitrogen and oxygen atoms in total. The van der Waals surface area contributed by atoms with Crippen molar-refractivity contribution in [2.24, 2.45) is 5.92 Å². The Morgan fingerprint density at radius 2 is 1.77 bits per heavy atom. The molecule has 31 heavy (non-hydrogen) atoms. The van der Waals surface area contributed by atoms with Gasteiger partial charge < -0.3 is 15.1 Å². The Morgan fingerprint density at radius 1 is 1.03 bits per heavy atom. The summed E-state index contributed by atoms with van der Waals surface area (Å²) in [6.07, 6.45) is 6.07. The van der Waals surface area contributed by atoms with Gasteiger partial charge in [-0.3, -0.25) is 4.90 Å². The molecule has 0 amide bonds. The molecule has 1 aromatic heterocycles. The normalized spacial score (nSPS) is 28.3. The molecule has 162 valence electrons. The van der Waals surface area contributed by atoms with Crippen molar-refractivity contribution in [3.05, 3.63) is 59.3 Å². The van der Waals surface area contributed by atoms with Crippen molar-refractivity contribution < 1.29 is 10.2 Å². The second-order valence-corrected chi connectivity index (χ2v) is 9.30. The number of anilines is 1. The lowest BCUT2D eigenvalue weighted by molar-refractivity contribution is -0.0713. The van der Waals surface area contributed by atoms with Crippen molar-refractivity contribution in [3.63, 3.8) is 0 Å². The first-order valence-corrected chi connectivity index (χ1v) is 11.5. The van der Waals surface area contributed by atoms with Crippen molar-refractivity contribution in [2.75, 3.05) is 37.6 Å². The Kier molecular flexibility index (Phi) is 5.71. The summed E-state index contributed by atoms with van der Waals surface area (Å²) >= 11 is 0. The summed E-state index contributed by atoms with van der Waals surface area (Å²) in [6.45, 7) is 4.45. The minimum Gasteiger partial charge on any atom is -0.393 e. The summed E-state index contributed by atoms with van der Waals surface area (Å²) in [4.78, 5) is 9.29. The largest absolute Gasteiger partial charge is 0.393 e. The van der Waals surface area contributed by atoms with E-state index >= 15 is 0 Å². The molecule has 1 atom stereocenters. The maximum Gasteiger partial charge on any atom is 0.141 e. The lowest BCUT2D eigenvalue weighted by atomic mass is 9.75. The predicted octanol–water partition coefficient (Wildman–Crippen LogP) is 2.44. The van der Waals surface area contributed by atoms with Crippen LogP contribution in [0.25, 0.3) is 0 Å². The number of fused-ring (bicyclic) bond motifs is 3. The molecule has 2 bridgehead atoms. The van der Waals surface area contributed by atoms with Crippen molar-refractivity contribution in [1.29, 1.82) is 0 Å². The standard InChI is InChI=1S/C26H31N3O2/c30-24-9-14-29(15-10-24)25-17-22(16-20-4-2-1-3-5-20)21(18-27-25)6-11-26(31)19-28-12-7-23(26)8-13-28/h1-5,17-18,23-24,30-31H,7-10,12-16,19H2. The number of benzene rings is 1. The van der Waals surface area contributed by atoms with E-state index < -0.39 is 5.60 Å². The average molecular weight is 418 g/mol. The van der Waals surface area contributed by atoms with Gasteiger partial charge in [0.15, 0.2) is 0 Å². The predicted molar refractivity (Wildman–Crippen MR) is 122 cm³/mol. The van der Waals surface area contributed by atoms with Crippen LogP contribution >= 0.6 is 0 Å². The lowest BCUT2D eigenvalue weighted by Gasteiger charge is -2.47. The summed E-state index contributed by atoms with van der Waals surface area (Å²) in [5.74, 6) is 7.79. The van der Waals surface area contributed by atoms with Gasteiger partial charge in [-0.05, 0) is 62.4 Å². The van der Waals surface area contributed by atoms with E-state index in [1.807, 2.05) is 12.3 Å². The van der Waals surface area contributed by atoms with Crippen LogP contribution in [-0.4, -0.2) is 64.5 Å². The maximum absolute atomic E-state index is 11.2. The van der Waals surface area contributed by atoms with Crippen LogP contribution in [-0.2, 0) is 6.42 Å². The highest BCUT2D eigenvalue weighted by molar-refractivity contribution is 5.51. The van der Waals surface area contributed by atoms with Gasteiger partial charge in [-0.15, -0.1) is 0 Å². The van der Waals surface area contributed by atoms with E-state index in [2.05, 4.69) is 52.0 Å². The molecule has 4 fully saturated rings. The van der Waals surface area contributed by atoms with Crippen molar-refractivity contribution in [3.8, 4) is 11.8 Å². The SMILES string of the molecule is OC1CCN(c2cc(Cc3ccccc3)c(C#CC3(O)CN4CCC3CC4)cn2)CC1. The summed E-state index contributed by atoms with van der Waals surface area (Å²) in [5, 5.41) is 21.1. The highest BCUT2D eigenvalue weighted by Crippen LogP contribution is 2.35. The molecule has 0 aliphatic carbocycles. The molecular formula is C26H31N3O2. The number of nitrogens with zero attached hydrogens (tertiary/aromatic N) is 3. The van der Waals surface area contributed by atoms with Crippen LogP contribution in [0.5, 0.6) is 0 Å². The molecule has 1 aromatic carbocycles. The van der Waals surface area contributed by atoms with Crippen LogP contribution in [0.3, 0.4) is 0 Å². The zero-order valence-corrected chi connectivity index (χ0v) is 18.0. The van der Waals surface area contributed by atoms with E-state index in [9.17, 15) is 10.2 Å². The van der Waals surface area contributed by atoms with Gasteiger partial charge in [0.05, 0.1) is 6.10 Å². The van der Waals surface area contributed by atoms with Gasteiger partial charge in [0.2, 0.25) is 0 Å². The highest BCUT2D eigenvalue weighted by Gasteiger charge is 2.44. The highest BCUT2D eigenvalue weighted by atomic mass is 16.3. The van der Waals surface area contributed by atoms with Gasteiger partial charge in [-0.25, -0.2) is 4.98 Å². The van der Waals surface area contributed by atoms with Gasteiger partial charge in [0.1, 0.15) is 11.4 Å². The fraction of sp³-hybridized carbons (Fsp3) is 0.500. The molecule has 6 rings (SSSR count). The first-order chi connectivity index (χ1) is 15.1. The Bertz CT molecular complexity index is 967. The van der Waals surface area contributed by atoms with Crippen LogP contribution in [0.1, 0.15) is 42.4 Å². The molecule has 2 N–H and O–H groups in total. The van der Waals surface area contributed by atoms with E-state index in [1.165, 1.54) is 5.56 Å². The Hall–Kier alpha value is -2.39. The average Bonchev–Trinajstić information content (AvgIpc) is 2.80. The van der Waals surface area contributed by atoms with E-state index in [4.69, 9.17) is 4.98 Å². The third kappa shape index (κ3) is 4.48. The molecule has 5 heterocycles. The molecule has 2 aromatic rings. The molecule has 0 spiro atoms. The third-order valence-corrected chi connectivity index (χ3v) is 7.14. The van der Waals surface area contributed by atoms with Gasteiger partial charge in [0.25, 0.3) is 0 Å². The van der Waals surface area contributed by atoms with E-state index in [1.54, 1.807) is 0 Å². The number of piperidine rings is 4. The molecule has 0 saturated carbocycles. The molecule has 4 aliphatic heterocycles. The molecule has 5 heteroatoms. The van der Waals surface area contributed by atoms with E-state index in [0.717, 1.165) is 75.2 Å². The van der Waals surface area contributed by atoms with Gasteiger partial charge in [-0.2, -0.15) is 0 Å². The smallest absolute Gasteiger partial charge is 0.141 e. The van der Waals surface area contributed by atoms with Crippen molar-refractivity contribution in [1.82, 2.24) is 9.88 Å². The number of aliphatic hydroxyl groups is 2. The summed E-state index contributed by atoms with van der Waals surface area (Å²) in [5.41, 5.74) is 2.36. The lowest BCUT2D eigenvalue weighted by Crippen LogP contribution is -2.58. The zero-order chi connectivity index (χ0) is 21.3. The first-order valence-electron chi connectivity index (χ1n) is 11.5. The van der Waals surface area contributed by atoms with Crippen LogP contribution in [0.15, 0.2) is 42.6 Å². The first kappa shape index (κ1) is 20.5. The number of hydrogen-bond acceptors (Lipinski definition) is 5. The molecule has 0 radical (unpaired) electrons. The fourth-order valence-electron chi connectivity index (χ4n) is 5.18. The van der Waals surface area contributed by atoms with E-state index in [0.29, 0.717) is 6.54 Å².